The van der Waals surface area contributed by atoms with E-state index in [4.69, 9.17) is 4.74 Å². The van der Waals surface area contributed by atoms with Gasteiger partial charge in [0, 0.05) is 6.54 Å². The molecule has 1 N–H and O–H groups in total. The summed E-state index contributed by atoms with van der Waals surface area (Å²) in [5, 5.41) is -0.544. The van der Waals surface area contributed by atoms with Gasteiger partial charge in [-0.05, 0) is 50.1 Å². The summed E-state index contributed by atoms with van der Waals surface area (Å²) in [6.07, 6.45) is -4.87. The van der Waals surface area contributed by atoms with Gasteiger partial charge in [-0.25, -0.2) is 13.1 Å². The summed E-state index contributed by atoms with van der Waals surface area (Å²) in [6.45, 7) is 4.95. The quantitative estimate of drug-likeness (QED) is 0.745. The Hall–Kier alpha value is -2.06. The Morgan fingerprint density at radius 3 is 2.15 bits per heavy atom. The molecule has 2 aromatic rings. The van der Waals surface area contributed by atoms with Crippen LogP contribution in [0.25, 0.3) is 11.1 Å². The fraction of sp³-hybridized carbons (Fsp3) is 0.368. The number of sulfonamides is 1. The van der Waals surface area contributed by atoms with Crippen molar-refractivity contribution >= 4 is 10.0 Å². The van der Waals surface area contributed by atoms with Gasteiger partial charge in [-0.2, -0.15) is 13.2 Å². The molecule has 0 amide bonds. The fourth-order valence-corrected chi connectivity index (χ4v) is 3.17. The zero-order valence-corrected chi connectivity index (χ0v) is 16.1. The Bertz CT molecular complexity index is 863. The van der Waals surface area contributed by atoms with Crippen LogP contribution in [0.1, 0.15) is 26.3 Å². The Balaban J connectivity index is 2.08. The highest BCUT2D eigenvalue weighted by molar-refractivity contribution is 7.90. The number of nitrogens with one attached hydrogen (secondary N) is 1. The molecule has 2 aromatic carbocycles. The Morgan fingerprint density at radius 1 is 1.00 bits per heavy atom. The highest BCUT2D eigenvalue weighted by atomic mass is 32.2. The van der Waals surface area contributed by atoms with E-state index in [0.29, 0.717) is 11.3 Å². The van der Waals surface area contributed by atoms with Crippen LogP contribution >= 0.6 is 0 Å². The lowest BCUT2D eigenvalue weighted by Crippen LogP contribution is -2.37. The van der Waals surface area contributed by atoms with E-state index in [1.54, 1.807) is 51.1 Å². The SMILES string of the molecule is CC(CNS(=O)(=O)C(C)C)Oc1ccc(-c2ccccc2C(F)(F)F)cc1. The lowest BCUT2D eigenvalue weighted by molar-refractivity contribution is -0.137. The normalized spacial score (nSPS) is 13.6. The molecule has 0 heterocycles. The van der Waals surface area contributed by atoms with Crippen LogP contribution in [0.4, 0.5) is 13.2 Å². The fourth-order valence-electron chi connectivity index (χ4n) is 2.37. The Kier molecular flexibility index (Phi) is 6.54. The third-order valence-corrected chi connectivity index (χ3v) is 5.74. The van der Waals surface area contributed by atoms with Crippen LogP contribution in [-0.4, -0.2) is 26.3 Å². The summed E-state index contributed by atoms with van der Waals surface area (Å²) in [6, 6.07) is 11.6. The Morgan fingerprint density at radius 2 is 1.59 bits per heavy atom. The van der Waals surface area contributed by atoms with Gasteiger partial charge in [0.25, 0.3) is 0 Å². The standard InChI is InChI=1S/C19H22F3NO3S/c1-13(2)27(24,25)23-12-14(3)26-16-10-8-15(9-11-16)17-6-4-5-7-18(17)19(20,21)22/h4-11,13-14,23H,12H2,1-3H3. The first-order valence-electron chi connectivity index (χ1n) is 8.42. The monoisotopic (exact) mass is 401 g/mol. The predicted molar refractivity (Wildman–Crippen MR) is 99.0 cm³/mol. The maximum absolute atomic E-state index is 13.1. The minimum atomic E-state index is -4.44. The first-order valence-corrected chi connectivity index (χ1v) is 9.97. The van der Waals surface area contributed by atoms with Crippen molar-refractivity contribution < 1.29 is 26.3 Å². The minimum absolute atomic E-state index is 0.0919. The van der Waals surface area contributed by atoms with Gasteiger partial charge < -0.3 is 4.74 Å². The van der Waals surface area contributed by atoms with Gasteiger partial charge in [-0.15, -0.1) is 0 Å². The molecule has 8 heteroatoms. The van der Waals surface area contributed by atoms with Crippen molar-refractivity contribution in [2.24, 2.45) is 0 Å². The molecular weight excluding hydrogens is 379 g/mol. The molecule has 2 rings (SSSR count). The van der Waals surface area contributed by atoms with Gasteiger partial charge in [0.2, 0.25) is 10.0 Å². The van der Waals surface area contributed by atoms with E-state index in [9.17, 15) is 21.6 Å². The second-order valence-electron chi connectivity index (χ2n) is 6.44. The maximum Gasteiger partial charge on any atom is 0.417 e. The van der Waals surface area contributed by atoms with E-state index >= 15 is 0 Å². The van der Waals surface area contributed by atoms with Crippen LogP contribution in [0.2, 0.25) is 0 Å². The second-order valence-corrected chi connectivity index (χ2v) is 8.76. The molecule has 0 saturated heterocycles. The second kappa shape index (κ2) is 8.31. The number of alkyl halides is 3. The van der Waals surface area contributed by atoms with Crippen molar-refractivity contribution in [1.29, 1.82) is 0 Å². The molecule has 27 heavy (non-hydrogen) atoms. The number of rotatable bonds is 7. The van der Waals surface area contributed by atoms with Crippen LogP contribution in [0.5, 0.6) is 5.75 Å². The van der Waals surface area contributed by atoms with Gasteiger partial charge in [0.05, 0.1) is 10.8 Å². The van der Waals surface area contributed by atoms with Crippen LogP contribution in [-0.2, 0) is 16.2 Å². The molecule has 0 aliphatic heterocycles. The molecule has 0 fully saturated rings. The molecular formula is C19H22F3NO3S. The Labute approximate surface area is 157 Å². The van der Waals surface area contributed by atoms with Crippen LogP contribution in [0.15, 0.2) is 48.5 Å². The predicted octanol–water partition coefficient (Wildman–Crippen LogP) is 4.47. The van der Waals surface area contributed by atoms with Crippen molar-refractivity contribution in [3.8, 4) is 16.9 Å². The molecule has 0 spiro atoms. The van der Waals surface area contributed by atoms with E-state index < -0.39 is 33.1 Å². The first kappa shape index (κ1) is 21.2. The van der Waals surface area contributed by atoms with Crippen molar-refractivity contribution in [1.82, 2.24) is 4.72 Å². The van der Waals surface area contributed by atoms with E-state index in [1.807, 2.05) is 0 Å². The smallest absolute Gasteiger partial charge is 0.417 e. The van der Waals surface area contributed by atoms with Gasteiger partial charge in [-0.3, -0.25) is 0 Å². The maximum atomic E-state index is 13.1. The van der Waals surface area contributed by atoms with Crippen LogP contribution in [0, 0.1) is 0 Å². The number of halogens is 3. The number of ether oxygens (including phenoxy) is 1. The molecule has 1 unspecified atom stereocenters. The van der Waals surface area contributed by atoms with Crippen LogP contribution in [0.3, 0.4) is 0 Å². The zero-order valence-electron chi connectivity index (χ0n) is 15.2. The van der Waals surface area contributed by atoms with Gasteiger partial charge in [-0.1, -0.05) is 30.3 Å². The summed E-state index contributed by atoms with van der Waals surface area (Å²) in [4.78, 5) is 0. The molecule has 4 nitrogen and oxygen atoms in total. The highest BCUT2D eigenvalue weighted by Crippen LogP contribution is 2.37. The average molecular weight is 401 g/mol. The average Bonchev–Trinajstić information content (AvgIpc) is 2.60. The number of benzene rings is 2. The minimum Gasteiger partial charge on any atom is -0.489 e. The number of hydrogen-bond acceptors (Lipinski definition) is 3. The largest absolute Gasteiger partial charge is 0.489 e. The zero-order chi connectivity index (χ0) is 20.2. The van der Waals surface area contributed by atoms with E-state index in [2.05, 4.69) is 4.72 Å². The third-order valence-electron chi connectivity index (χ3n) is 3.93. The van der Waals surface area contributed by atoms with E-state index in [-0.39, 0.29) is 12.1 Å². The summed E-state index contributed by atoms with van der Waals surface area (Å²) < 4.78 is 71.0. The topological polar surface area (TPSA) is 55.4 Å². The van der Waals surface area contributed by atoms with Gasteiger partial charge >= 0.3 is 6.18 Å². The first-order chi connectivity index (χ1) is 12.5. The molecule has 0 saturated carbocycles. The third kappa shape index (κ3) is 5.71. The highest BCUT2D eigenvalue weighted by Gasteiger charge is 2.33. The molecule has 0 radical (unpaired) electrons. The van der Waals surface area contributed by atoms with Crippen LogP contribution < -0.4 is 9.46 Å². The van der Waals surface area contributed by atoms with Gasteiger partial charge in [0.15, 0.2) is 0 Å². The molecule has 0 aliphatic carbocycles. The molecule has 0 bridgehead atoms. The van der Waals surface area contributed by atoms with Crippen molar-refractivity contribution in [2.75, 3.05) is 6.54 Å². The lowest BCUT2D eigenvalue weighted by atomic mass is 9.99. The van der Waals surface area contributed by atoms with Gasteiger partial charge in [0.1, 0.15) is 11.9 Å². The van der Waals surface area contributed by atoms with Crippen molar-refractivity contribution in [3.05, 3.63) is 54.1 Å². The summed E-state index contributed by atoms with van der Waals surface area (Å²) in [5.41, 5.74) is -0.187. The summed E-state index contributed by atoms with van der Waals surface area (Å²) in [5.74, 6) is 0.444. The van der Waals surface area contributed by atoms with Crippen molar-refractivity contribution in [3.63, 3.8) is 0 Å². The molecule has 0 aliphatic rings. The lowest BCUT2D eigenvalue weighted by Gasteiger charge is -2.17. The van der Waals surface area contributed by atoms with E-state index in [1.165, 1.54) is 12.1 Å². The number of hydrogen-bond donors (Lipinski definition) is 1. The van der Waals surface area contributed by atoms with Crippen molar-refractivity contribution in [2.45, 2.75) is 38.3 Å². The summed E-state index contributed by atoms with van der Waals surface area (Å²) >= 11 is 0. The molecule has 1 atom stereocenters. The summed E-state index contributed by atoms with van der Waals surface area (Å²) in [7, 11) is -3.38. The molecule has 148 valence electrons. The molecule has 0 aromatic heterocycles. The van der Waals surface area contributed by atoms with E-state index in [0.717, 1.165) is 6.07 Å².